The first-order valence-electron chi connectivity index (χ1n) is 6.35. The number of aromatic nitrogens is 1. The molecule has 4 nitrogen and oxygen atoms in total. The Bertz CT molecular complexity index is 555. The Morgan fingerprint density at radius 2 is 2.11 bits per heavy atom. The summed E-state index contributed by atoms with van der Waals surface area (Å²) in [6.07, 6.45) is 0.366. The molecule has 2 aromatic rings. The second-order valence-corrected chi connectivity index (χ2v) is 4.38. The number of hydrogen-bond acceptors (Lipinski definition) is 4. The number of benzene rings is 1. The van der Waals surface area contributed by atoms with Crippen molar-refractivity contribution in [2.45, 2.75) is 6.42 Å². The number of methoxy groups -OCH3 is 1. The Kier molecular flexibility index (Phi) is 5.01. The maximum atomic E-state index is 11.8. The van der Waals surface area contributed by atoms with Gasteiger partial charge in [0.05, 0.1) is 25.1 Å². The molecule has 0 bridgehead atoms. The summed E-state index contributed by atoms with van der Waals surface area (Å²) in [4.78, 5) is 16.3. The third-order valence-electron chi connectivity index (χ3n) is 2.84. The standard InChI is InChI=1S/C15H18N2O2/c1-19-9-8-16-11-14(18)10-13-7-6-12-4-2-3-5-15(12)17-13/h2-7,16H,8-11H2,1H3. The Labute approximate surface area is 112 Å². The number of pyridine rings is 1. The zero-order chi connectivity index (χ0) is 13.5. The molecule has 1 aromatic carbocycles. The van der Waals surface area contributed by atoms with Crippen LogP contribution in [-0.2, 0) is 16.0 Å². The molecule has 0 fully saturated rings. The second-order valence-electron chi connectivity index (χ2n) is 4.38. The van der Waals surface area contributed by atoms with Crippen molar-refractivity contribution in [3.05, 3.63) is 42.1 Å². The van der Waals surface area contributed by atoms with Crippen molar-refractivity contribution in [1.29, 1.82) is 0 Å². The Morgan fingerprint density at radius 3 is 2.95 bits per heavy atom. The highest BCUT2D eigenvalue weighted by molar-refractivity contribution is 5.84. The van der Waals surface area contributed by atoms with Gasteiger partial charge in [0.25, 0.3) is 0 Å². The molecule has 19 heavy (non-hydrogen) atoms. The summed E-state index contributed by atoms with van der Waals surface area (Å²) >= 11 is 0. The zero-order valence-electron chi connectivity index (χ0n) is 11.1. The minimum absolute atomic E-state index is 0.138. The van der Waals surface area contributed by atoms with Crippen LogP contribution in [0.4, 0.5) is 0 Å². The van der Waals surface area contributed by atoms with Gasteiger partial charge < -0.3 is 10.1 Å². The van der Waals surface area contributed by atoms with Crippen LogP contribution in [0.3, 0.4) is 0 Å². The van der Waals surface area contributed by atoms with Gasteiger partial charge >= 0.3 is 0 Å². The fourth-order valence-electron chi connectivity index (χ4n) is 1.87. The summed E-state index contributed by atoms with van der Waals surface area (Å²) in [5.74, 6) is 0.138. The summed E-state index contributed by atoms with van der Waals surface area (Å²) < 4.78 is 4.90. The number of carbonyl (C=O) groups excluding carboxylic acids is 1. The molecule has 2 rings (SSSR count). The molecule has 1 heterocycles. The fraction of sp³-hybridized carbons (Fsp3) is 0.333. The predicted molar refractivity (Wildman–Crippen MR) is 75.2 cm³/mol. The number of ketones is 1. The predicted octanol–water partition coefficient (Wildman–Crippen LogP) is 1.58. The molecule has 1 aromatic heterocycles. The van der Waals surface area contributed by atoms with Gasteiger partial charge in [-0.25, -0.2) is 0 Å². The molecule has 0 spiro atoms. The largest absolute Gasteiger partial charge is 0.383 e. The third-order valence-corrected chi connectivity index (χ3v) is 2.84. The average Bonchev–Trinajstić information content (AvgIpc) is 2.43. The van der Waals surface area contributed by atoms with Crippen molar-refractivity contribution in [2.75, 3.05) is 26.8 Å². The lowest BCUT2D eigenvalue weighted by Crippen LogP contribution is -2.27. The summed E-state index contributed by atoms with van der Waals surface area (Å²) in [7, 11) is 1.64. The van der Waals surface area contributed by atoms with E-state index in [1.165, 1.54) is 0 Å². The summed E-state index contributed by atoms with van der Waals surface area (Å²) in [6, 6.07) is 11.8. The Hall–Kier alpha value is -1.78. The summed E-state index contributed by atoms with van der Waals surface area (Å²) in [5, 5.41) is 4.14. The van der Waals surface area contributed by atoms with Gasteiger partial charge in [-0.05, 0) is 12.1 Å². The number of carbonyl (C=O) groups is 1. The molecule has 0 aliphatic rings. The molecule has 0 atom stereocenters. The third kappa shape index (κ3) is 4.12. The Balaban J connectivity index is 1.91. The normalized spacial score (nSPS) is 10.8. The summed E-state index contributed by atoms with van der Waals surface area (Å²) in [6.45, 7) is 1.66. The monoisotopic (exact) mass is 258 g/mol. The molecule has 100 valence electrons. The van der Waals surface area contributed by atoms with Crippen LogP contribution in [0.25, 0.3) is 10.9 Å². The van der Waals surface area contributed by atoms with Gasteiger partial charge in [-0.15, -0.1) is 0 Å². The molecule has 1 N–H and O–H groups in total. The molecule has 0 saturated heterocycles. The number of rotatable bonds is 7. The molecule has 4 heteroatoms. The van der Waals surface area contributed by atoms with Crippen molar-refractivity contribution in [3.63, 3.8) is 0 Å². The van der Waals surface area contributed by atoms with E-state index >= 15 is 0 Å². The van der Waals surface area contributed by atoms with Crippen molar-refractivity contribution >= 4 is 16.7 Å². The van der Waals surface area contributed by atoms with Gasteiger partial charge in [-0.2, -0.15) is 0 Å². The van der Waals surface area contributed by atoms with E-state index < -0.39 is 0 Å². The minimum atomic E-state index is 0.138. The molecule has 0 unspecified atom stereocenters. The number of Topliss-reactive ketones (excluding diaryl/α,β-unsaturated/α-hetero) is 1. The van der Waals surface area contributed by atoms with Crippen molar-refractivity contribution in [3.8, 4) is 0 Å². The molecule has 0 amide bonds. The Morgan fingerprint density at radius 1 is 1.26 bits per heavy atom. The van der Waals surface area contributed by atoms with Crippen LogP contribution in [0.5, 0.6) is 0 Å². The van der Waals surface area contributed by atoms with E-state index in [2.05, 4.69) is 10.3 Å². The van der Waals surface area contributed by atoms with Crippen LogP contribution in [-0.4, -0.2) is 37.6 Å². The fourth-order valence-corrected chi connectivity index (χ4v) is 1.87. The number of ether oxygens (including phenoxy) is 1. The number of nitrogens with one attached hydrogen (secondary N) is 1. The van der Waals surface area contributed by atoms with Gasteiger partial charge in [0, 0.05) is 24.7 Å². The van der Waals surface area contributed by atoms with Crippen LogP contribution >= 0.6 is 0 Å². The lowest BCUT2D eigenvalue weighted by molar-refractivity contribution is -0.117. The molecular formula is C15H18N2O2. The molecule has 0 aliphatic carbocycles. The first-order valence-corrected chi connectivity index (χ1v) is 6.35. The van der Waals surface area contributed by atoms with Crippen molar-refractivity contribution in [2.24, 2.45) is 0 Å². The van der Waals surface area contributed by atoms with E-state index in [-0.39, 0.29) is 5.78 Å². The smallest absolute Gasteiger partial charge is 0.152 e. The lowest BCUT2D eigenvalue weighted by Gasteiger charge is -2.04. The number of hydrogen-bond donors (Lipinski definition) is 1. The van der Waals surface area contributed by atoms with E-state index in [9.17, 15) is 4.79 Å². The number of fused-ring (bicyclic) bond motifs is 1. The topological polar surface area (TPSA) is 51.2 Å². The van der Waals surface area contributed by atoms with Crippen LogP contribution in [0, 0.1) is 0 Å². The maximum absolute atomic E-state index is 11.8. The lowest BCUT2D eigenvalue weighted by atomic mass is 10.1. The molecule has 0 aliphatic heterocycles. The summed E-state index contributed by atoms with van der Waals surface area (Å²) in [5.41, 5.74) is 1.75. The van der Waals surface area contributed by atoms with Crippen molar-refractivity contribution in [1.82, 2.24) is 10.3 Å². The van der Waals surface area contributed by atoms with E-state index in [1.807, 2.05) is 36.4 Å². The van der Waals surface area contributed by atoms with Gasteiger partial charge in [0.2, 0.25) is 0 Å². The van der Waals surface area contributed by atoms with Gasteiger partial charge in [0.15, 0.2) is 5.78 Å². The highest BCUT2D eigenvalue weighted by Crippen LogP contribution is 2.12. The average molecular weight is 258 g/mol. The van der Waals surface area contributed by atoms with Gasteiger partial charge in [-0.3, -0.25) is 9.78 Å². The highest BCUT2D eigenvalue weighted by atomic mass is 16.5. The van der Waals surface area contributed by atoms with E-state index in [4.69, 9.17) is 4.74 Å². The zero-order valence-corrected chi connectivity index (χ0v) is 11.1. The molecule has 0 saturated carbocycles. The van der Waals surface area contributed by atoms with Crippen LogP contribution in [0.15, 0.2) is 36.4 Å². The minimum Gasteiger partial charge on any atom is -0.383 e. The molecule has 0 radical (unpaired) electrons. The van der Waals surface area contributed by atoms with Crippen LogP contribution in [0.2, 0.25) is 0 Å². The van der Waals surface area contributed by atoms with E-state index in [1.54, 1.807) is 7.11 Å². The quantitative estimate of drug-likeness (QED) is 0.766. The van der Waals surface area contributed by atoms with Crippen molar-refractivity contribution < 1.29 is 9.53 Å². The van der Waals surface area contributed by atoms with Crippen LogP contribution < -0.4 is 5.32 Å². The van der Waals surface area contributed by atoms with E-state index in [0.29, 0.717) is 26.1 Å². The highest BCUT2D eigenvalue weighted by Gasteiger charge is 2.05. The number of nitrogens with zero attached hydrogens (tertiary/aromatic N) is 1. The van der Waals surface area contributed by atoms with Crippen LogP contribution in [0.1, 0.15) is 5.69 Å². The molecular weight excluding hydrogens is 240 g/mol. The number of para-hydroxylation sites is 1. The van der Waals surface area contributed by atoms with E-state index in [0.717, 1.165) is 16.6 Å². The maximum Gasteiger partial charge on any atom is 0.152 e. The van der Waals surface area contributed by atoms with Gasteiger partial charge in [0.1, 0.15) is 0 Å². The SMILES string of the molecule is COCCNCC(=O)Cc1ccc2ccccc2n1. The second kappa shape index (κ2) is 6.97. The van der Waals surface area contributed by atoms with Gasteiger partial charge in [-0.1, -0.05) is 24.3 Å². The first-order chi connectivity index (χ1) is 9.29. The first kappa shape index (κ1) is 13.6.